The van der Waals surface area contributed by atoms with E-state index in [1.165, 1.54) is 18.1 Å². The molecule has 1 rings (SSSR count). The molecule has 3 nitrogen and oxygen atoms in total. The van der Waals surface area contributed by atoms with E-state index in [0.717, 1.165) is 6.26 Å². The zero-order chi connectivity index (χ0) is 9.68. The minimum atomic E-state index is 0.259. The molecule has 0 bridgehead atoms. The predicted molar refractivity (Wildman–Crippen MR) is 47.7 cm³/mol. The van der Waals surface area contributed by atoms with E-state index in [-0.39, 0.29) is 5.75 Å². The van der Waals surface area contributed by atoms with Crippen LogP contribution in [0.5, 0.6) is 5.75 Å². The maximum absolute atomic E-state index is 10.4. The molecule has 0 amide bonds. The third kappa shape index (κ3) is 2.44. The van der Waals surface area contributed by atoms with Crippen molar-refractivity contribution in [3.63, 3.8) is 0 Å². The summed E-state index contributed by atoms with van der Waals surface area (Å²) >= 11 is 5.70. The van der Waals surface area contributed by atoms with Gasteiger partial charge in [-0.2, -0.15) is 0 Å². The zero-order valence-corrected chi connectivity index (χ0v) is 7.25. The third-order valence-corrected chi connectivity index (χ3v) is 1.64. The predicted octanol–water partition coefficient (Wildman–Crippen LogP) is 1.88. The quantitative estimate of drug-likeness (QED) is 0.421. The van der Waals surface area contributed by atoms with Crippen LogP contribution >= 0.6 is 11.6 Å². The van der Waals surface area contributed by atoms with Gasteiger partial charge in [0, 0.05) is 5.56 Å². The van der Waals surface area contributed by atoms with Crippen LogP contribution in [0.25, 0.3) is 0 Å². The van der Waals surface area contributed by atoms with Gasteiger partial charge >= 0.3 is 0 Å². The number of aldehydes is 1. The largest absolute Gasteiger partial charge is 0.452 e. The van der Waals surface area contributed by atoms with Crippen molar-refractivity contribution in [3.05, 3.63) is 35.0 Å². The van der Waals surface area contributed by atoms with Crippen molar-refractivity contribution in [2.45, 2.75) is 0 Å². The highest BCUT2D eigenvalue weighted by atomic mass is 35.5. The average molecular weight is 197 g/mol. The normalized spacial score (nSPS) is 8.69. The van der Waals surface area contributed by atoms with Crippen molar-refractivity contribution < 1.29 is 14.3 Å². The standard InChI is InChI=1S/C9H5ClO3/c10-8-2-1-7(6-12)5-9(8)13-4-3-11/h1-2,4-6H. The van der Waals surface area contributed by atoms with Crippen LogP contribution in [-0.2, 0) is 4.79 Å². The molecule has 0 N–H and O–H groups in total. The van der Waals surface area contributed by atoms with Crippen LogP contribution in [0, 0.1) is 0 Å². The SMILES string of the molecule is O=C=COc1cc(C=O)ccc1Cl. The molecule has 0 aliphatic carbocycles. The topological polar surface area (TPSA) is 43.4 Å². The molecule has 1 aromatic rings. The van der Waals surface area contributed by atoms with Crippen LogP contribution in [0.1, 0.15) is 10.4 Å². The van der Waals surface area contributed by atoms with Crippen molar-refractivity contribution in [2.24, 2.45) is 0 Å². The van der Waals surface area contributed by atoms with Crippen LogP contribution in [-0.4, -0.2) is 12.2 Å². The molecule has 1 aromatic carbocycles. The summed E-state index contributed by atoms with van der Waals surface area (Å²) in [5.74, 6) is 1.70. The van der Waals surface area contributed by atoms with Crippen LogP contribution in [0.4, 0.5) is 0 Å². The Morgan fingerprint density at radius 1 is 1.46 bits per heavy atom. The van der Waals surface area contributed by atoms with Gasteiger partial charge in [-0.25, -0.2) is 4.79 Å². The number of carbonyl (C=O) groups excluding carboxylic acids is 2. The lowest BCUT2D eigenvalue weighted by atomic mass is 10.2. The summed E-state index contributed by atoms with van der Waals surface area (Å²) < 4.78 is 4.79. The fourth-order valence-corrected chi connectivity index (χ4v) is 0.933. The molecule has 0 saturated carbocycles. The molecular weight excluding hydrogens is 192 g/mol. The summed E-state index contributed by atoms with van der Waals surface area (Å²) in [7, 11) is 0. The molecule has 0 aliphatic rings. The van der Waals surface area contributed by atoms with E-state index in [4.69, 9.17) is 16.3 Å². The maximum Gasteiger partial charge on any atom is 0.174 e. The molecule has 0 fully saturated rings. The monoisotopic (exact) mass is 196 g/mol. The highest BCUT2D eigenvalue weighted by Gasteiger charge is 2.01. The van der Waals surface area contributed by atoms with Gasteiger partial charge in [0.2, 0.25) is 0 Å². The van der Waals surface area contributed by atoms with E-state index in [2.05, 4.69) is 0 Å². The Kier molecular flexibility index (Phi) is 3.26. The smallest absolute Gasteiger partial charge is 0.174 e. The lowest BCUT2D eigenvalue weighted by Gasteiger charge is -2.01. The number of hydrogen-bond donors (Lipinski definition) is 0. The minimum Gasteiger partial charge on any atom is -0.452 e. The number of hydrogen-bond acceptors (Lipinski definition) is 3. The van der Waals surface area contributed by atoms with Gasteiger partial charge in [-0.05, 0) is 18.2 Å². The van der Waals surface area contributed by atoms with Gasteiger partial charge < -0.3 is 4.74 Å². The summed E-state index contributed by atoms with van der Waals surface area (Å²) in [6.07, 6.45) is 1.49. The first-order chi connectivity index (χ1) is 6.27. The highest BCUT2D eigenvalue weighted by Crippen LogP contribution is 2.24. The molecule has 13 heavy (non-hydrogen) atoms. The van der Waals surface area contributed by atoms with Crippen molar-refractivity contribution in [1.29, 1.82) is 0 Å². The molecule has 0 saturated heterocycles. The Bertz CT molecular complexity index is 367. The molecule has 0 aromatic heterocycles. The first kappa shape index (κ1) is 9.52. The van der Waals surface area contributed by atoms with Crippen molar-refractivity contribution in [2.75, 3.05) is 0 Å². The van der Waals surface area contributed by atoms with Gasteiger partial charge in [-0.15, -0.1) is 0 Å². The Morgan fingerprint density at radius 2 is 2.23 bits per heavy atom. The van der Waals surface area contributed by atoms with Crippen molar-refractivity contribution in [1.82, 2.24) is 0 Å². The van der Waals surface area contributed by atoms with E-state index in [1.54, 1.807) is 6.07 Å². The number of carbonyl (C=O) groups is 1. The van der Waals surface area contributed by atoms with Gasteiger partial charge in [0.05, 0.1) is 5.02 Å². The Labute approximate surface area is 79.6 Å². The van der Waals surface area contributed by atoms with E-state index < -0.39 is 0 Å². The van der Waals surface area contributed by atoms with Gasteiger partial charge in [0.1, 0.15) is 12.0 Å². The third-order valence-electron chi connectivity index (χ3n) is 1.33. The number of ether oxygens (including phenoxy) is 1. The van der Waals surface area contributed by atoms with Gasteiger partial charge in [-0.1, -0.05) is 11.6 Å². The zero-order valence-electron chi connectivity index (χ0n) is 6.49. The second-order valence-corrected chi connectivity index (χ2v) is 2.57. The minimum absolute atomic E-state index is 0.259. The van der Waals surface area contributed by atoms with E-state index >= 15 is 0 Å². The average Bonchev–Trinajstić information content (AvgIpc) is 2.17. The van der Waals surface area contributed by atoms with E-state index in [0.29, 0.717) is 16.9 Å². The van der Waals surface area contributed by atoms with Gasteiger partial charge in [-0.3, -0.25) is 4.79 Å². The number of rotatable bonds is 3. The summed E-state index contributed by atoms with van der Waals surface area (Å²) in [6, 6.07) is 4.50. The Balaban J connectivity index is 3.02. The summed E-state index contributed by atoms with van der Waals surface area (Å²) in [5.41, 5.74) is 0.429. The number of benzene rings is 1. The van der Waals surface area contributed by atoms with Crippen LogP contribution in [0.3, 0.4) is 0 Å². The molecular formula is C9H5ClO3. The molecule has 0 atom stereocenters. The van der Waals surface area contributed by atoms with Crippen LogP contribution < -0.4 is 4.74 Å². The lowest BCUT2D eigenvalue weighted by Crippen LogP contribution is -1.86. The maximum atomic E-state index is 10.4. The second kappa shape index (κ2) is 4.45. The molecule has 0 unspecified atom stereocenters. The molecule has 66 valence electrons. The fourth-order valence-electron chi connectivity index (χ4n) is 0.771. The van der Waals surface area contributed by atoms with Crippen LogP contribution in [0.2, 0.25) is 5.02 Å². The van der Waals surface area contributed by atoms with Crippen LogP contribution in [0.15, 0.2) is 24.5 Å². The summed E-state index contributed by atoms with van der Waals surface area (Å²) in [6.45, 7) is 0. The van der Waals surface area contributed by atoms with Gasteiger partial charge in [0.15, 0.2) is 12.2 Å². The first-order valence-corrected chi connectivity index (χ1v) is 3.76. The van der Waals surface area contributed by atoms with Gasteiger partial charge in [0.25, 0.3) is 0 Å². The molecule has 0 aliphatic heterocycles. The second-order valence-electron chi connectivity index (χ2n) is 2.16. The Morgan fingerprint density at radius 3 is 2.85 bits per heavy atom. The molecule has 0 radical (unpaired) electrons. The summed E-state index contributed by atoms with van der Waals surface area (Å²) in [4.78, 5) is 20.2. The fraction of sp³-hybridized carbons (Fsp3) is 0. The van der Waals surface area contributed by atoms with Crippen molar-refractivity contribution in [3.8, 4) is 5.75 Å². The molecule has 0 spiro atoms. The van der Waals surface area contributed by atoms with E-state index in [1.807, 2.05) is 0 Å². The molecule has 0 heterocycles. The Hall–Kier alpha value is -1.57. The highest BCUT2D eigenvalue weighted by molar-refractivity contribution is 6.32. The van der Waals surface area contributed by atoms with E-state index in [9.17, 15) is 9.59 Å². The first-order valence-electron chi connectivity index (χ1n) is 3.38. The molecule has 4 heteroatoms. The van der Waals surface area contributed by atoms with Crippen molar-refractivity contribution >= 4 is 23.8 Å². The lowest BCUT2D eigenvalue weighted by molar-refractivity contribution is 0.112. The summed E-state index contributed by atoms with van der Waals surface area (Å²) in [5, 5.41) is 0.331. The number of halogens is 1.